The Bertz CT molecular complexity index is 1150. The molecule has 0 spiro atoms. The minimum absolute atomic E-state index is 0.0121. The monoisotopic (exact) mass is 439 g/mol. The fourth-order valence-electron chi connectivity index (χ4n) is 3.89. The molecule has 3 aromatic heterocycles. The van der Waals surface area contributed by atoms with E-state index >= 15 is 0 Å². The van der Waals surface area contributed by atoms with Gasteiger partial charge in [0.05, 0.1) is 31.2 Å². The predicted molar refractivity (Wildman–Crippen MR) is 121 cm³/mol. The second-order valence-corrected chi connectivity index (χ2v) is 8.39. The van der Waals surface area contributed by atoms with Crippen LogP contribution in [0.5, 0.6) is 5.88 Å². The third-order valence-corrected chi connectivity index (χ3v) is 5.62. The number of rotatable bonds is 7. The van der Waals surface area contributed by atoms with E-state index in [1.165, 1.54) is 6.08 Å². The highest BCUT2D eigenvalue weighted by Crippen LogP contribution is 2.30. The van der Waals surface area contributed by atoms with Gasteiger partial charge in [0.25, 0.3) is 5.88 Å². The van der Waals surface area contributed by atoms with E-state index in [9.17, 15) is 4.79 Å². The normalized spacial score (nSPS) is 18.4. The number of anilines is 3. The Hall–Kier alpha value is -3.63. The number of nitrogens with zero attached hydrogens (tertiary/aromatic N) is 7. The van der Waals surface area contributed by atoms with Crippen LogP contribution in [0.25, 0.3) is 5.65 Å². The SMILES string of the molecule is C=CC(=O)NC1CN(c2nc(Nc3cn(C)nc3OC)c3ncc(C(C)C)n3n2)CC1C. The van der Waals surface area contributed by atoms with Gasteiger partial charge in [-0.3, -0.25) is 9.48 Å². The summed E-state index contributed by atoms with van der Waals surface area (Å²) in [5.41, 5.74) is 2.28. The van der Waals surface area contributed by atoms with E-state index in [0.29, 0.717) is 35.5 Å². The number of carbonyl (C=O) groups is 1. The van der Waals surface area contributed by atoms with E-state index in [1.54, 1.807) is 11.8 Å². The van der Waals surface area contributed by atoms with Crippen LogP contribution in [0.4, 0.5) is 17.5 Å². The molecule has 2 unspecified atom stereocenters. The van der Waals surface area contributed by atoms with Crippen molar-refractivity contribution >= 4 is 29.0 Å². The molecular weight excluding hydrogens is 410 g/mol. The van der Waals surface area contributed by atoms with Crippen molar-refractivity contribution in [3.63, 3.8) is 0 Å². The van der Waals surface area contributed by atoms with Crippen LogP contribution in [-0.4, -0.2) is 61.5 Å². The molecule has 0 radical (unpaired) electrons. The van der Waals surface area contributed by atoms with Crippen molar-refractivity contribution in [3.05, 3.63) is 30.7 Å². The number of methoxy groups -OCH3 is 1. The summed E-state index contributed by atoms with van der Waals surface area (Å²) in [6.45, 7) is 11.2. The molecule has 1 fully saturated rings. The first-order valence-electron chi connectivity index (χ1n) is 10.6. The Morgan fingerprint density at radius 3 is 2.81 bits per heavy atom. The zero-order chi connectivity index (χ0) is 23.0. The number of imidazole rings is 1. The molecule has 1 aliphatic heterocycles. The van der Waals surface area contributed by atoms with Gasteiger partial charge >= 0.3 is 0 Å². The van der Waals surface area contributed by atoms with Crippen molar-refractivity contribution in [3.8, 4) is 5.88 Å². The number of amides is 1. The zero-order valence-corrected chi connectivity index (χ0v) is 19.0. The molecule has 4 rings (SSSR count). The molecule has 1 aliphatic rings. The minimum Gasteiger partial charge on any atom is -0.478 e. The molecule has 170 valence electrons. The molecule has 11 nitrogen and oxygen atoms in total. The maximum absolute atomic E-state index is 11.8. The summed E-state index contributed by atoms with van der Waals surface area (Å²) < 4.78 is 8.87. The van der Waals surface area contributed by atoms with Crippen molar-refractivity contribution in [1.29, 1.82) is 0 Å². The lowest BCUT2D eigenvalue weighted by atomic mass is 10.1. The number of hydrogen-bond donors (Lipinski definition) is 2. The van der Waals surface area contributed by atoms with Crippen LogP contribution >= 0.6 is 0 Å². The number of fused-ring (bicyclic) bond motifs is 1. The first-order valence-corrected chi connectivity index (χ1v) is 10.6. The van der Waals surface area contributed by atoms with E-state index in [2.05, 4.69) is 53.0 Å². The van der Waals surface area contributed by atoms with Crippen LogP contribution in [0.15, 0.2) is 25.0 Å². The van der Waals surface area contributed by atoms with Gasteiger partial charge in [-0.2, -0.15) is 4.98 Å². The van der Waals surface area contributed by atoms with E-state index < -0.39 is 0 Å². The molecule has 2 atom stereocenters. The number of aromatic nitrogens is 6. The molecule has 11 heteroatoms. The Morgan fingerprint density at radius 1 is 1.34 bits per heavy atom. The van der Waals surface area contributed by atoms with Crippen LogP contribution in [0.2, 0.25) is 0 Å². The summed E-state index contributed by atoms with van der Waals surface area (Å²) in [6.07, 6.45) is 4.94. The number of nitrogens with one attached hydrogen (secondary N) is 2. The first kappa shape index (κ1) is 21.6. The van der Waals surface area contributed by atoms with Gasteiger partial charge < -0.3 is 20.3 Å². The molecule has 4 heterocycles. The highest BCUT2D eigenvalue weighted by molar-refractivity contribution is 5.87. The number of ether oxygens (including phenoxy) is 1. The maximum Gasteiger partial charge on any atom is 0.256 e. The molecular formula is C21H29N9O2. The Kier molecular flexibility index (Phi) is 5.72. The highest BCUT2D eigenvalue weighted by Gasteiger charge is 2.33. The summed E-state index contributed by atoms with van der Waals surface area (Å²) in [6, 6.07) is -0.0121. The lowest BCUT2D eigenvalue weighted by Crippen LogP contribution is -2.39. The minimum atomic E-state index is -0.178. The maximum atomic E-state index is 11.8. The second kappa shape index (κ2) is 8.48. The van der Waals surface area contributed by atoms with Crippen LogP contribution in [0.1, 0.15) is 32.4 Å². The van der Waals surface area contributed by atoms with Gasteiger partial charge in [-0.05, 0) is 17.9 Å². The van der Waals surface area contributed by atoms with Gasteiger partial charge in [0.15, 0.2) is 11.5 Å². The fraction of sp³-hybridized carbons (Fsp3) is 0.476. The number of hydrogen-bond acceptors (Lipinski definition) is 8. The molecule has 0 aromatic carbocycles. The highest BCUT2D eigenvalue weighted by atomic mass is 16.5. The van der Waals surface area contributed by atoms with Gasteiger partial charge in [0.2, 0.25) is 11.9 Å². The molecule has 0 aliphatic carbocycles. The van der Waals surface area contributed by atoms with Gasteiger partial charge in [-0.15, -0.1) is 10.2 Å². The quantitative estimate of drug-likeness (QED) is 0.536. The van der Waals surface area contributed by atoms with Crippen molar-refractivity contribution in [2.45, 2.75) is 32.7 Å². The smallest absolute Gasteiger partial charge is 0.256 e. The number of aryl methyl sites for hydroxylation is 1. The zero-order valence-electron chi connectivity index (χ0n) is 19.0. The van der Waals surface area contributed by atoms with E-state index in [1.807, 2.05) is 24.0 Å². The predicted octanol–water partition coefficient (Wildman–Crippen LogP) is 1.86. The molecule has 1 amide bonds. The van der Waals surface area contributed by atoms with Gasteiger partial charge in [-0.1, -0.05) is 27.4 Å². The molecule has 2 N–H and O–H groups in total. The summed E-state index contributed by atoms with van der Waals surface area (Å²) in [4.78, 5) is 23.3. The largest absolute Gasteiger partial charge is 0.478 e. The average molecular weight is 440 g/mol. The molecule has 3 aromatic rings. The van der Waals surface area contributed by atoms with Crippen LogP contribution in [-0.2, 0) is 11.8 Å². The van der Waals surface area contributed by atoms with E-state index in [0.717, 1.165) is 12.2 Å². The third-order valence-electron chi connectivity index (χ3n) is 5.62. The van der Waals surface area contributed by atoms with Crippen molar-refractivity contribution < 1.29 is 9.53 Å². The topological polar surface area (TPSA) is 115 Å². The van der Waals surface area contributed by atoms with E-state index in [4.69, 9.17) is 14.8 Å². The summed E-state index contributed by atoms with van der Waals surface area (Å²) >= 11 is 0. The van der Waals surface area contributed by atoms with Gasteiger partial charge in [-0.25, -0.2) is 9.50 Å². The Morgan fingerprint density at radius 2 is 2.12 bits per heavy atom. The lowest BCUT2D eigenvalue weighted by molar-refractivity contribution is -0.117. The first-order chi connectivity index (χ1) is 15.3. The van der Waals surface area contributed by atoms with Gasteiger partial charge in [0, 0.05) is 20.1 Å². The number of carbonyl (C=O) groups excluding carboxylic acids is 1. The molecule has 0 saturated carbocycles. The van der Waals surface area contributed by atoms with Crippen molar-refractivity contribution in [2.24, 2.45) is 13.0 Å². The lowest BCUT2D eigenvalue weighted by Gasteiger charge is -2.18. The van der Waals surface area contributed by atoms with Crippen LogP contribution in [0.3, 0.4) is 0 Å². The van der Waals surface area contributed by atoms with Crippen LogP contribution < -0.4 is 20.3 Å². The third kappa shape index (κ3) is 3.97. The summed E-state index contributed by atoms with van der Waals surface area (Å²) in [7, 11) is 3.40. The second-order valence-electron chi connectivity index (χ2n) is 8.39. The van der Waals surface area contributed by atoms with Gasteiger partial charge in [0.1, 0.15) is 5.69 Å². The summed E-state index contributed by atoms with van der Waals surface area (Å²) in [5, 5.41) is 15.4. The Labute approximate surface area is 186 Å². The molecule has 32 heavy (non-hydrogen) atoms. The van der Waals surface area contributed by atoms with Crippen LogP contribution in [0, 0.1) is 5.92 Å². The Balaban J connectivity index is 1.74. The van der Waals surface area contributed by atoms with Crippen molar-refractivity contribution in [1.82, 2.24) is 34.7 Å². The van der Waals surface area contributed by atoms with Crippen molar-refractivity contribution in [2.75, 3.05) is 30.4 Å². The average Bonchev–Trinajstić information content (AvgIpc) is 3.44. The molecule has 1 saturated heterocycles. The standard InChI is InChI=1S/C21H29N9O2/c1-7-17(31)23-14-11-29(9-13(14)4)21-25-18(24-15-10-28(5)26-20(15)32-6)19-22-8-16(12(2)3)30(19)27-21/h7-8,10,12-14H,1,9,11H2,2-6H3,(H,23,31)(H,24,25,27). The van der Waals surface area contributed by atoms with E-state index in [-0.39, 0.29) is 23.8 Å². The summed E-state index contributed by atoms with van der Waals surface area (Å²) in [5.74, 6) is 1.86. The fourth-order valence-corrected chi connectivity index (χ4v) is 3.89. The molecule has 0 bridgehead atoms.